The second-order valence-corrected chi connectivity index (χ2v) is 2.39. The van der Waals surface area contributed by atoms with Crippen molar-refractivity contribution in [3.05, 3.63) is 41.5 Å². The first-order valence-electron chi connectivity index (χ1n) is 3.55. The molecule has 0 radical (unpaired) electrons. The Bertz CT molecular complexity index is 388. The summed E-state index contributed by atoms with van der Waals surface area (Å²) in [6.45, 7) is 3.17. The molecule has 0 N–H and O–H groups in total. The molecular formula is C9H5F3O2. The molecule has 0 amide bonds. The van der Waals surface area contributed by atoms with Gasteiger partial charge in [0.15, 0.2) is 11.6 Å². The highest BCUT2D eigenvalue weighted by Crippen LogP contribution is 2.19. The van der Waals surface area contributed by atoms with Crippen LogP contribution in [0, 0.1) is 11.6 Å². The molecule has 2 nitrogen and oxygen atoms in total. The molecule has 0 aromatic heterocycles. The monoisotopic (exact) mass is 202 g/mol. The Hall–Kier alpha value is -1.78. The number of rotatable bonds is 2. The molecule has 0 spiro atoms. The summed E-state index contributed by atoms with van der Waals surface area (Å²) in [5.41, 5.74) is -0.839. The van der Waals surface area contributed by atoms with Gasteiger partial charge in [0.1, 0.15) is 0 Å². The zero-order valence-corrected chi connectivity index (χ0v) is 6.89. The SMILES string of the molecule is C=Cc1c(C(=O)OF)ccc(F)c1F. The van der Waals surface area contributed by atoms with E-state index in [1.807, 2.05) is 0 Å². The smallest absolute Gasteiger partial charge is 0.249 e. The zero-order chi connectivity index (χ0) is 10.7. The fraction of sp³-hybridized carbons (Fsp3) is 0. The quantitative estimate of drug-likeness (QED) is 0.736. The average Bonchev–Trinajstić information content (AvgIpc) is 2.20. The maximum Gasteiger partial charge on any atom is 0.380 e. The molecule has 1 aromatic carbocycles. The minimum absolute atomic E-state index is 0.415. The van der Waals surface area contributed by atoms with E-state index in [9.17, 15) is 18.1 Å². The van der Waals surface area contributed by atoms with Crippen molar-refractivity contribution in [1.29, 1.82) is 0 Å². The summed E-state index contributed by atoms with van der Waals surface area (Å²) in [6, 6.07) is 1.62. The van der Waals surface area contributed by atoms with Crippen molar-refractivity contribution in [2.45, 2.75) is 0 Å². The van der Waals surface area contributed by atoms with Crippen molar-refractivity contribution in [1.82, 2.24) is 0 Å². The Balaban J connectivity index is 3.38. The Morgan fingerprint density at radius 2 is 2.07 bits per heavy atom. The molecule has 0 heterocycles. The van der Waals surface area contributed by atoms with Crippen molar-refractivity contribution >= 4 is 12.0 Å². The molecule has 1 aromatic rings. The summed E-state index contributed by atoms with van der Waals surface area (Å²) in [5, 5.41) is 0. The summed E-state index contributed by atoms with van der Waals surface area (Å²) in [7, 11) is 0. The molecule has 0 unspecified atom stereocenters. The predicted molar refractivity (Wildman–Crippen MR) is 43.0 cm³/mol. The third-order valence-corrected chi connectivity index (χ3v) is 1.63. The molecule has 0 fully saturated rings. The first kappa shape index (κ1) is 10.3. The van der Waals surface area contributed by atoms with Gasteiger partial charge in [-0.2, -0.15) is 0 Å². The molecule has 0 aliphatic heterocycles. The molecule has 0 saturated heterocycles. The molecule has 1 rings (SSSR count). The van der Waals surface area contributed by atoms with Crippen LogP contribution in [-0.2, 0) is 4.94 Å². The Morgan fingerprint density at radius 1 is 1.43 bits per heavy atom. The van der Waals surface area contributed by atoms with E-state index < -0.39 is 28.7 Å². The summed E-state index contributed by atoms with van der Waals surface area (Å²) in [5.74, 6) is -3.79. The second-order valence-electron chi connectivity index (χ2n) is 2.39. The Morgan fingerprint density at radius 3 is 2.57 bits per heavy atom. The lowest BCUT2D eigenvalue weighted by molar-refractivity contribution is -0.0788. The van der Waals surface area contributed by atoms with Gasteiger partial charge in [-0.15, -0.1) is 0 Å². The van der Waals surface area contributed by atoms with Gasteiger partial charge in [0.05, 0.1) is 5.56 Å². The fourth-order valence-electron chi connectivity index (χ4n) is 0.985. The zero-order valence-electron chi connectivity index (χ0n) is 6.89. The normalized spacial score (nSPS) is 9.64. The number of hydrogen-bond acceptors (Lipinski definition) is 2. The number of carbonyl (C=O) groups excluding carboxylic acids is 1. The molecule has 0 aliphatic rings. The maximum atomic E-state index is 13.0. The standard InChI is InChI=1S/C9H5F3O2/c1-2-5-6(9(13)14-12)3-4-7(10)8(5)11/h2-4H,1H2. The van der Waals surface area contributed by atoms with E-state index in [-0.39, 0.29) is 0 Å². The summed E-state index contributed by atoms with van der Waals surface area (Å²) < 4.78 is 37.1. The topological polar surface area (TPSA) is 26.3 Å². The van der Waals surface area contributed by atoms with Crippen LogP contribution in [-0.4, -0.2) is 5.97 Å². The van der Waals surface area contributed by atoms with Crippen LogP contribution < -0.4 is 0 Å². The summed E-state index contributed by atoms with van der Waals surface area (Å²) >= 11 is 0. The number of carbonyl (C=O) groups is 1. The van der Waals surface area contributed by atoms with Gasteiger partial charge in [0, 0.05) is 10.1 Å². The van der Waals surface area contributed by atoms with Gasteiger partial charge >= 0.3 is 5.97 Å². The predicted octanol–water partition coefficient (Wildman–Crippen LogP) is 2.65. The average molecular weight is 202 g/mol. The Kier molecular flexibility index (Phi) is 2.91. The van der Waals surface area contributed by atoms with Crippen molar-refractivity contribution in [2.24, 2.45) is 0 Å². The van der Waals surface area contributed by atoms with Crippen LogP contribution >= 0.6 is 0 Å². The largest absolute Gasteiger partial charge is 0.380 e. The van der Waals surface area contributed by atoms with Gasteiger partial charge in [-0.1, -0.05) is 12.7 Å². The third-order valence-electron chi connectivity index (χ3n) is 1.63. The third kappa shape index (κ3) is 1.61. The van der Waals surface area contributed by atoms with Crippen LogP contribution in [0.5, 0.6) is 0 Å². The van der Waals surface area contributed by atoms with Crippen molar-refractivity contribution in [3.63, 3.8) is 0 Å². The first-order valence-corrected chi connectivity index (χ1v) is 3.55. The number of hydrogen-bond donors (Lipinski definition) is 0. The molecule has 0 saturated carbocycles. The van der Waals surface area contributed by atoms with E-state index >= 15 is 0 Å². The lowest BCUT2D eigenvalue weighted by atomic mass is 10.1. The van der Waals surface area contributed by atoms with E-state index in [0.29, 0.717) is 6.07 Å². The highest BCUT2D eigenvalue weighted by atomic mass is 19.3. The van der Waals surface area contributed by atoms with Gasteiger partial charge in [-0.25, -0.2) is 18.5 Å². The van der Waals surface area contributed by atoms with Gasteiger partial charge < -0.3 is 0 Å². The minimum atomic E-state index is -1.39. The molecule has 0 atom stereocenters. The summed E-state index contributed by atoms with van der Waals surface area (Å²) in [6.07, 6.45) is 0.907. The van der Waals surface area contributed by atoms with E-state index in [4.69, 9.17) is 0 Å². The molecule has 0 bridgehead atoms. The fourth-order valence-corrected chi connectivity index (χ4v) is 0.985. The molecule has 0 aliphatic carbocycles. The minimum Gasteiger partial charge on any atom is -0.249 e. The second kappa shape index (κ2) is 3.95. The van der Waals surface area contributed by atoms with Crippen molar-refractivity contribution in [3.8, 4) is 0 Å². The van der Waals surface area contributed by atoms with E-state index in [1.165, 1.54) is 0 Å². The molecule has 5 heteroatoms. The van der Waals surface area contributed by atoms with Crippen LogP contribution in [0.15, 0.2) is 18.7 Å². The van der Waals surface area contributed by atoms with Crippen LogP contribution in [0.25, 0.3) is 6.08 Å². The Labute approximate surface area is 77.5 Å². The number of halogens is 3. The van der Waals surface area contributed by atoms with E-state index in [0.717, 1.165) is 12.1 Å². The number of benzene rings is 1. The highest BCUT2D eigenvalue weighted by Gasteiger charge is 2.17. The molecular weight excluding hydrogens is 197 g/mol. The van der Waals surface area contributed by atoms with Crippen molar-refractivity contribution < 1.29 is 23.0 Å². The van der Waals surface area contributed by atoms with Gasteiger partial charge in [-0.3, -0.25) is 0 Å². The van der Waals surface area contributed by atoms with Crippen molar-refractivity contribution in [2.75, 3.05) is 0 Å². The van der Waals surface area contributed by atoms with Gasteiger partial charge in [0.25, 0.3) is 0 Å². The first-order chi connectivity index (χ1) is 6.61. The van der Waals surface area contributed by atoms with Crippen LogP contribution in [0.3, 0.4) is 0 Å². The molecule has 14 heavy (non-hydrogen) atoms. The van der Waals surface area contributed by atoms with Crippen LogP contribution in [0.4, 0.5) is 13.3 Å². The van der Waals surface area contributed by atoms with Crippen LogP contribution in [0.2, 0.25) is 0 Å². The lowest BCUT2D eigenvalue weighted by Gasteiger charge is -2.03. The van der Waals surface area contributed by atoms with Crippen LogP contribution in [0.1, 0.15) is 15.9 Å². The lowest BCUT2D eigenvalue weighted by Crippen LogP contribution is -2.04. The van der Waals surface area contributed by atoms with Gasteiger partial charge in [0.2, 0.25) is 0 Å². The highest BCUT2D eigenvalue weighted by molar-refractivity contribution is 5.93. The van der Waals surface area contributed by atoms with E-state index in [1.54, 1.807) is 0 Å². The van der Waals surface area contributed by atoms with Gasteiger partial charge in [-0.05, 0) is 12.1 Å². The molecule has 74 valence electrons. The maximum absolute atomic E-state index is 13.0. The van der Waals surface area contributed by atoms with E-state index in [2.05, 4.69) is 11.5 Å². The summed E-state index contributed by atoms with van der Waals surface area (Å²) in [4.78, 5) is 13.6.